The molecule has 235 valence electrons. The van der Waals surface area contributed by atoms with Crippen LogP contribution in [0.1, 0.15) is 32.3 Å². The second kappa shape index (κ2) is 14.0. The summed E-state index contributed by atoms with van der Waals surface area (Å²) in [6, 6.07) is 46.8. The van der Waals surface area contributed by atoms with Crippen molar-refractivity contribution in [3.63, 3.8) is 0 Å². The summed E-state index contributed by atoms with van der Waals surface area (Å²) >= 11 is -1.83. The zero-order valence-corrected chi connectivity index (χ0v) is 31.0. The largest absolute Gasteiger partial charge is 0.501 e. The number of para-hydroxylation sites is 2. The molecule has 8 rings (SSSR count). The van der Waals surface area contributed by atoms with Crippen LogP contribution < -0.4 is 4.40 Å². The number of benzene rings is 5. The summed E-state index contributed by atoms with van der Waals surface area (Å²) in [4.78, 5) is 9.53. The molecule has 3 nitrogen and oxygen atoms in total. The fourth-order valence-electron chi connectivity index (χ4n) is 5.99. The first kappa shape index (κ1) is 29.1. The molecule has 1 aliphatic heterocycles. The number of nitrogens with zero attached hydrogens (tertiary/aromatic N) is 2. The SMILES string of the molecule is [2H]C([2H])([2H])c1c[c-]c(-c2cc[c]([Ge]([CH3])([CH3])[CH3])cn2)cc1.[Ir].[c-]1ccc2c(oc3ccccc32)c1C1=Nc2ccccc2C1Cc1ccccc1. The molecule has 0 aliphatic carbocycles. The van der Waals surface area contributed by atoms with Crippen LogP contribution >= 0.6 is 0 Å². The maximum atomic E-state index is 7.35. The molecule has 5 heteroatoms. The molecule has 47 heavy (non-hydrogen) atoms. The monoisotopic (exact) mass is 854 g/mol. The van der Waals surface area contributed by atoms with Crippen LogP contribution in [-0.4, -0.2) is 24.0 Å². The Morgan fingerprint density at radius 3 is 2.34 bits per heavy atom. The van der Waals surface area contributed by atoms with E-state index in [-0.39, 0.29) is 26.0 Å². The van der Waals surface area contributed by atoms with Crippen LogP contribution in [0.4, 0.5) is 5.69 Å². The van der Waals surface area contributed by atoms with Gasteiger partial charge in [-0.15, -0.1) is 18.2 Å². The molecule has 7 aromatic rings. The molecule has 0 bridgehead atoms. The molecule has 0 spiro atoms. The summed E-state index contributed by atoms with van der Waals surface area (Å²) in [5.74, 6) is 7.17. The van der Waals surface area contributed by atoms with Crippen LogP contribution in [0.5, 0.6) is 0 Å². The Morgan fingerprint density at radius 2 is 1.60 bits per heavy atom. The number of pyridine rings is 1. The Bertz CT molecular complexity index is 2220. The number of hydrogen-bond donors (Lipinski definition) is 0. The van der Waals surface area contributed by atoms with Crippen LogP contribution in [0.2, 0.25) is 17.3 Å². The van der Waals surface area contributed by atoms with Gasteiger partial charge in [0.15, 0.2) is 0 Å². The van der Waals surface area contributed by atoms with E-state index >= 15 is 0 Å². The minimum atomic E-state index is -2.08. The second-order valence-electron chi connectivity index (χ2n) is 12.7. The molecule has 0 saturated heterocycles. The zero-order valence-electron chi connectivity index (χ0n) is 29.5. The van der Waals surface area contributed by atoms with Gasteiger partial charge in [-0.3, -0.25) is 0 Å². The van der Waals surface area contributed by atoms with Crippen molar-refractivity contribution < 1.29 is 28.6 Å². The minimum absolute atomic E-state index is 0. The first-order valence-electron chi connectivity index (χ1n) is 17.1. The van der Waals surface area contributed by atoms with Crippen molar-refractivity contribution in [2.24, 2.45) is 4.99 Å². The molecule has 2 aromatic heterocycles. The Kier molecular flexibility index (Phi) is 8.63. The van der Waals surface area contributed by atoms with Gasteiger partial charge in [0.1, 0.15) is 5.58 Å². The van der Waals surface area contributed by atoms with E-state index in [1.807, 2.05) is 30.5 Å². The fourth-order valence-corrected chi connectivity index (χ4v) is 8.16. The number of aliphatic imine (C=N–C) groups is 1. The van der Waals surface area contributed by atoms with Crippen LogP contribution in [0.15, 0.2) is 137 Å². The van der Waals surface area contributed by atoms with Gasteiger partial charge in [-0.1, -0.05) is 77.7 Å². The molecule has 1 atom stereocenters. The predicted octanol–water partition coefficient (Wildman–Crippen LogP) is 10.2. The van der Waals surface area contributed by atoms with Crippen LogP contribution in [0.3, 0.4) is 0 Å². The third kappa shape index (κ3) is 6.96. The van der Waals surface area contributed by atoms with Gasteiger partial charge in [0.2, 0.25) is 0 Å². The normalized spacial score (nSPS) is 15.0. The molecule has 0 fully saturated rings. The molecule has 3 heterocycles. The van der Waals surface area contributed by atoms with Crippen molar-refractivity contribution in [2.75, 3.05) is 0 Å². The van der Waals surface area contributed by atoms with E-state index in [4.69, 9.17) is 13.5 Å². The first-order chi connectivity index (χ1) is 23.6. The van der Waals surface area contributed by atoms with Crippen LogP contribution in [0, 0.1) is 19.0 Å². The summed E-state index contributed by atoms with van der Waals surface area (Å²) in [6.45, 7) is -2.08. The van der Waals surface area contributed by atoms with Crippen molar-refractivity contribution in [1.82, 2.24) is 4.98 Å². The number of aromatic nitrogens is 1. The smallest absolute Gasteiger partial charge is 0.120 e. The Morgan fingerprint density at radius 1 is 0.809 bits per heavy atom. The fraction of sp³-hybridized carbons (Fsp3) is 0.143. The molecule has 1 aliphatic rings. The predicted molar refractivity (Wildman–Crippen MR) is 194 cm³/mol. The standard InChI is InChI=1S/C27H18NO.C15H18GeN.Ir/c1-2-9-18(10-3-1)17-23-19-11-4-6-15-24(19)28-26(23)22-14-8-13-21-20-12-5-7-16-25(20)29-27(21)22;1-12-5-7-13(8-6-12)15-10-9-14(11-17-15)16(2,3)4;/h1-13,15-16,23H,17H2;5-7,9-11H,1-4H3;/q2*-1;/i;1D3;. The van der Waals surface area contributed by atoms with Gasteiger partial charge in [0.25, 0.3) is 0 Å². The van der Waals surface area contributed by atoms with Gasteiger partial charge in [-0.25, -0.2) is 0 Å². The van der Waals surface area contributed by atoms with E-state index in [0.29, 0.717) is 5.56 Å². The van der Waals surface area contributed by atoms with E-state index < -0.39 is 20.1 Å². The average molecular weight is 853 g/mol. The maximum absolute atomic E-state index is 7.35. The summed E-state index contributed by atoms with van der Waals surface area (Å²) < 4.78 is 29.7. The van der Waals surface area contributed by atoms with Crippen molar-refractivity contribution in [3.8, 4) is 11.3 Å². The Balaban J connectivity index is 0.000000182. The summed E-state index contributed by atoms with van der Waals surface area (Å²) in [5, 5.41) is 2.25. The topological polar surface area (TPSA) is 38.4 Å². The average Bonchev–Trinajstić information content (AvgIpc) is 3.67. The summed E-state index contributed by atoms with van der Waals surface area (Å²) in [5.41, 5.74) is 9.37. The van der Waals surface area contributed by atoms with Crippen molar-refractivity contribution in [3.05, 3.63) is 162 Å². The summed E-state index contributed by atoms with van der Waals surface area (Å²) in [7, 11) is 0. The molecule has 0 amide bonds. The van der Waals surface area contributed by atoms with Crippen molar-refractivity contribution in [1.29, 1.82) is 0 Å². The van der Waals surface area contributed by atoms with Gasteiger partial charge in [0.05, 0.1) is 11.3 Å². The Hall–Kier alpha value is -4.09. The van der Waals surface area contributed by atoms with E-state index in [9.17, 15) is 0 Å². The number of rotatable bonds is 5. The molecule has 1 unspecified atom stereocenters. The van der Waals surface area contributed by atoms with Crippen LogP contribution in [0.25, 0.3) is 33.2 Å². The number of furan rings is 1. The first-order valence-corrected chi connectivity index (χ1v) is 22.9. The van der Waals surface area contributed by atoms with Crippen molar-refractivity contribution >= 4 is 51.0 Å². The van der Waals surface area contributed by atoms with Gasteiger partial charge >= 0.3 is 110 Å². The molecule has 1 radical (unpaired) electrons. The summed E-state index contributed by atoms with van der Waals surface area (Å²) in [6.07, 6.45) is 2.85. The molecular weight excluding hydrogens is 813 g/mol. The van der Waals surface area contributed by atoms with Crippen molar-refractivity contribution in [2.45, 2.75) is 36.5 Å². The number of aryl methyl sites for hydroxylation is 1. The number of hydrogen-bond acceptors (Lipinski definition) is 3. The van der Waals surface area contributed by atoms with Gasteiger partial charge in [-0.05, 0) is 41.3 Å². The minimum Gasteiger partial charge on any atom is -0.501 e. The third-order valence-electron chi connectivity index (χ3n) is 8.48. The maximum Gasteiger partial charge on any atom is 0.120 e. The zero-order chi connectivity index (χ0) is 34.2. The van der Waals surface area contributed by atoms with E-state index in [1.165, 1.54) is 21.6 Å². The van der Waals surface area contributed by atoms with Gasteiger partial charge in [-0.2, -0.15) is 0 Å². The third-order valence-corrected chi connectivity index (χ3v) is 12.7. The second-order valence-corrected chi connectivity index (χ2v) is 23.3. The number of fused-ring (bicyclic) bond motifs is 4. The quantitative estimate of drug-likeness (QED) is 0.128. The van der Waals surface area contributed by atoms with Crippen LogP contribution in [-0.2, 0) is 26.5 Å². The van der Waals surface area contributed by atoms with E-state index in [1.54, 1.807) is 12.1 Å². The molecule has 0 saturated carbocycles. The van der Waals surface area contributed by atoms with Gasteiger partial charge < -0.3 is 9.41 Å². The van der Waals surface area contributed by atoms with E-state index in [0.717, 1.165) is 56.6 Å². The van der Waals surface area contributed by atoms with Gasteiger partial charge in [0, 0.05) is 25.5 Å². The Labute approximate surface area is 297 Å². The molecular formula is C42H36GeIrN2O-2. The van der Waals surface area contributed by atoms with E-state index in [2.05, 4.69) is 113 Å². The molecule has 5 aromatic carbocycles. The molecule has 0 N–H and O–H groups in total.